The molecule has 2 rings (SSSR count). The van der Waals surface area contributed by atoms with Gasteiger partial charge in [-0.2, -0.15) is 0 Å². The molecule has 0 bridgehead atoms. The fraction of sp³-hybridized carbons (Fsp3) is 0.600. The van der Waals surface area contributed by atoms with Crippen LogP contribution in [0.4, 0.5) is 0 Å². The quantitative estimate of drug-likeness (QED) is 0.740. The van der Waals surface area contributed by atoms with E-state index in [0.29, 0.717) is 11.6 Å². The molecule has 1 aliphatic rings. The van der Waals surface area contributed by atoms with Gasteiger partial charge in [0.1, 0.15) is 6.26 Å². The molecule has 82 valence electrons. The summed E-state index contributed by atoms with van der Waals surface area (Å²) >= 11 is 0. The van der Waals surface area contributed by atoms with Gasteiger partial charge >= 0.3 is 0 Å². The molecular formula is C10H15N3O2. The van der Waals surface area contributed by atoms with E-state index >= 15 is 0 Å². The van der Waals surface area contributed by atoms with E-state index in [4.69, 9.17) is 0 Å². The van der Waals surface area contributed by atoms with Gasteiger partial charge in [0.2, 0.25) is 0 Å². The second-order valence-electron chi connectivity index (χ2n) is 3.93. The minimum absolute atomic E-state index is 0.163. The maximum absolute atomic E-state index is 11.7. The lowest BCUT2D eigenvalue weighted by Crippen LogP contribution is -2.50. The van der Waals surface area contributed by atoms with Gasteiger partial charge in [-0.1, -0.05) is 12.1 Å². The van der Waals surface area contributed by atoms with Gasteiger partial charge < -0.3 is 15.2 Å². The number of hydrogen-bond acceptors (Lipinski definition) is 4. The zero-order chi connectivity index (χ0) is 10.7. The second kappa shape index (κ2) is 4.44. The molecule has 1 aliphatic heterocycles. The first-order valence-corrected chi connectivity index (χ1v) is 5.19. The van der Waals surface area contributed by atoms with Crippen molar-refractivity contribution in [2.24, 2.45) is 5.92 Å². The molecular weight excluding hydrogens is 194 g/mol. The molecule has 1 saturated heterocycles. The van der Waals surface area contributed by atoms with E-state index in [1.165, 1.54) is 6.26 Å². The molecule has 5 heteroatoms. The smallest absolute Gasteiger partial charge is 0.273 e. The number of carbonyl (C=O) groups excluding carboxylic acids is 1. The summed E-state index contributed by atoms with van der Waals surface area (Å²) in [5, 5.41) is 9.80. The second-order valence-corrected chi connectivity index (χ2v) is 3.93. The Bertz CT molecular complexity index is 323. The van der Waals surface area contributed by atoms with E-state index in [9.17, 15) is 4.79 Å². The number of piperidine rings is 1. The fourth-order valence-electron chi connectivity index (χ4n) is 1.75. The summed E-state index contributed by atoms with van der Waals surface area (Å²) in [6, 6.07) is 1.75. The average molecular weight is 209 g/mol. The molecule has 2 N–H and O–H groups in total. The van der Waals surface area contributed by atoms with Crippen molar-refractivity contribution in [3.05, 3.63) is 18.0 Å². The van der Waals surface area contributed by atoms with E-state index in [1.54, 1.807) is 6.07 Å². The molecule has 0 aromatic carbocycles. The number of nitrogens with zero attached hydrogens (tertiary/aromatic N) is 1. The minimum atomic E-state index is -0.163. The van der Waals surface area contributed by atoms with Crippen LogP contribution in [0.15, 0.2) is 16.9 Å². The zero-order valence-corrected chi connectivity index (χ0v) is 8.69. The Balaban J connectivity index is 1.93. The van der Waals surface area contributed by atoms with Crippen LogP contribution in [-0.4, -0.2) is 30.2 Å². The summed E-state index contributed by atoms with van der Waals surface area (Å²) in [5.74, 6) is 0.339. The number of hydrogen-bond donors (Lipinski definition) is 2. The monoisotopic (exact) mass is 209 g/mol. The first-order valence-electron chi connectivity index (χ1n) is 5.19. The number of rotatable bonds is 2. The van der Waals surface area contributed by atoms with Gasteiger partial charge in [0.15, 0.2) is 5.69 Å². The molecule has 1 aromatic heterocycles. The highest BCUT2D eigenvalue weighted by Crippen LogP contribution is 2.11. The minimum Gasteiger partial charge on any atom is -0.364 e. The van der Waals surface area contributed by atoms with Crippen LogP contribution >= 0.6 is 0 Å². The largest absolute Gasteiger partial charge is 0.364 e. The van der Waals surface area contributed by atoms with Crippen LogP contribution in [0.25, 0.3) is 0 Å². The lowest BCUT2D eigenvalue weighted by atomic mass is 9.95. The van der Waals surface area contributed by atoms with Gasteiger partial charge in [0, 0.05) is 18.7 Å². The molecule has 0 spiro atoms. The highest BCUT2D eigenvalue weighted by atomic mass is 16.5. The van der Waals surface area contributed by atoms with Crippen LogP contribution in [0.2, 0.25) is 0 Å². The third kappa shape index (κ3) is 2.36. The van der Waals surface area contributed by atoms with Crippen LogP contribution in [0, 0.1) is 5.92 Å². The lowest BCUT2D eigenvalue weighted by molar-refractivity contribution is 0.0906. The maximum atomic E-state index is 11.7. The molecule has 1 fully saturated rings. The molecule has 0 radical (unpaired) electrons. The van der Waals surface area contributed by atoms with Crippen LogP contribution < -0.4 is 10.6 Å². The highest BCUT2D eigenvalue weighted by Gasteiger charge is 2.23. The lowest BCUT2D eigenvalue weighted by Gasteiger charge is -2.29. The van der Waals surface area contributed by atoms with Gasteiger partial charge in [0.05, 0.1) is 0 Å². The van der Waals surface area contributed by atoms with Crippen LogP contribution in [0.5, 0.6) is 0 Å². The number of carbonyl (C=O) groups is 1. The normalized spacial score (nSPS) is 26.2. The highest BCUT2D eigenvalue weighted by molar-refractivity contribution is 5.92. The van der Waals surface area contributed by atoms with E-state index in [2.05, 4.69) is 27.2 Å². The van der Waals surface area contributed by atoms with Crippen molar-refractivity contribution >= 4 is 5.91 Å². The summed E-state index contributed by atoms with van der Waals surface area (Å²) in [7, 11) is 0. The van der Waals surface area contributed by atoms with E-state index in [1.807, 2.05) is 0 Å². The fourth-order valence-corrected chi connectivity index (χ4v) is 1.75. The first kappa shape index (κ1) is 10.2. The zero-order valence-electron chi connectivity index (χ0n) is 8.69. The number of nitrogens with one attached hydrogen (secondary N) is 2. The topological polar surface area (TPSA) is 67.2 Å². The van der Waals surface area contributed by atoms with Gasteiger partial charge in [-0.3, -0.25) is 4.79 Å². The Hall–Kier alpha value is -1.36. The Morgan fingerprint density at radius 1 is 1.73 bits per heavy atom. The van der Waals surface area contributed by atoms with Crippen molar-refractivity contribution in [2.45, 2.75) is 19.4 Å². The van der Waals surface area contributed by atoms with Crippen molar-refractivity contribution in [1.29, 1.82) is 0 Å². The Kier molecular flexibility index (Phi) is 3.01. The molecule has 1 aromatic rings. The average Bonchev–Trinajstić information content (AvgIpc) is 2.74. The van der Waals surface area contributed by atoms with Gasteiger partial charge in [-0.15, -0.1) is 0 Å². The molecule has 2 unspecified atom stereocenters. The summed E-state index contributed by atoms with van der Waals surface area (Å²) in [5.41, 5.74) is 0.341. The standard InChI is InChI=1S/C10H15N3O2/c1-7-2-4-11-6-9(7)12-10(14)8-3-5-15-13-8/h3,5,7,9,11H,2,4,6H2,1H3,(H,12,14). The molecule has 1 amide bonds. The van der Waals surface area contributed by atoms with Crippen molar-refractivity contribution in [2.75, 3.05) is 13.1 Å². The van der Waals surface area contributed by atoms with Crippen molar-refractivity contribution in [3.63, 3.8) is 0 Å². The summed E-state index contributed by atoms with van der Waals surface area (Å²) < 4.78 is 4.63. The van der Waals surface area contributed by atoms with Gasteiger partial charge in [-0.05, 0) is 18.9 Å². The predicted octanol–water partition coefficient (Wildman–Crippen LogP) is 0.402. The summed E-state index contributed by atoms with van der Waals surface area (Å²) in [4.78, 5) is 11.7. The molecule has 2 heterocycles. The molecule has 0 saturated carbocycles. The molecule has 0 aliphatic carbocycles. The Morgan fingerprint density at radius 2 is 2.60 bits per heavy atom. The van der Waals surface area contributed by atoms with Crippen LogP contribution in [0.3, 0.4) is 0 Å². The SMILES string of the molecule is CC1CCNCC1NC(=O)c1ccon1. The van der Waals surface area contributed by atoms with Crippen molar-refractivity contribution in [1.82, 2.24) is 15.8 Å². The first-order chi connectivity index (χ1) is 7.27. The third-order valence-corrected chi connectivity index (χ3v) is 2.81. The van der Waals surface area contributed by atoms with Gasteiger partial charge in [-0.25, -0.2) is 0 Å². The molecule has 2 atom stereocenters. The van der Waals surface area contributed by atoms with E-state index in [0.717, 1.165) is 19.5 Å². The van der Waals surface area contributed by atoms with E-state index < -0.39 is 0 Å². The van der Waals surface area contributed by atoms with Crippen molar-refractivity contribution < 1.29 is 9.32 Å². The van der Waals surface area contributed by atoms with Crippen LogP contribution in [0.1, 0.15) is 23.8 Å². The Labute approximate surface area is 88.2 Å². The van der Waals surface area contributed by atoms with E-state index in [-0.39, 0.29) is 11.9 Å². The maximum Gasteiger partial charge on any atom is 0.273 e. The summed E-state index contributed by atoms with van der Waals surface area (Å²) in [6.07, 6.45) is 2.49. The van der Waals surface area contributed by atoms with Crippen molar-refractivity contribution in [3.8, 4) is 0 Å². The third-order valence-electron chi connectivity index (χ3n) is 2.81. The summed E-state index contributed by atoms with van der Waals surface area (Å²) in [6.45, 7) is 4.00. The number of amides is 1. The Morgan fingerprint density at radius 3 is 3.27 bits per heavy atom. The van der Waals surface area contributed by atoms with Crippen LogP contribution in [-0.2, 0) is 0 Å². The molecule has 15 heavy (non-hydrogen) atoms. The van der Waals surface area contributed by atoms with Gasteiger partial charge in [0.25, 0.3) is 5.91 Å². The molecule has 5 nitrogen and oxygen atoms in total. The number of aromatic nitrogens is 1. The predicted molar refractivity (Wildman–Crippen MR) is 54.4 cm³/mol.